The molecule has 1 fully saturated rings. The zero-order chi connectivity index (χ0) is 6.85. The van der Waals surface area contributed by atoms with Gasteiger partial charge in [-0.05, 0) is 6.42 Å². The van der Waals surface area contributed by atoms with Gasteiger partial charge in [0, 0.05) is 19.1 Å². The molecule has 0 aromatic heterocycles. The van der Waals surface area contributed by atoms with Gasteiger partial charge in [0.15, 0.2) is 0 Å². The molecule has 1 heterocycles. The summed E-state index contributed by atoms with van der Waals surface area (Å²) in [5.41, 5.74) is 5.46. The van der Waals surface area contributed by atoms with Crippen LogP contribution in [-0.2, 0) is 0 Å². The summed E-state index contributed by atoms with van der Waals surface area (Å²) >= 11 is 0. The van der Waals surface area contributed by atoms with Crippen molar-refractivity contribution in [3.05, 3.63) is 0 Å². The van der Waals surface area contributed by atoms with Gasteiger partial charge in [0.05, 0.1) is 0 Å². The monoisotopic (exact) mass is 130 g/mol. The van der Waals surface area contributed by atoms with Crippen molar-refractivity contribution in [2.45, 2.75) is 12.5 Å². The Kier molecular flexibility index (Phi) is 1.57. The zero-order valence-electron chi connectivity index (χ0n) is 5.08. The topological polar surface area (TPSA) is 66.6 Å². The summed E-state index contributed by atoms with van der Waals surface area (Å²) in [6.45, 7) is 1.09. The Labute approximate surface area is 53.2 Å². The van der Waals surface area contributed by atoms with Crippen LogP contribution in [0.3, 0.4) is 0 Å². The van der Waals surface area contributed by atoms with Crippen LogP contribution < -0.4 is 5.73 Å². The number of carboxylic acid groups (broad SMARTS) is 1. The number of carbonyl (C=O) groups is 1. The van der Waals surface area contributed by atoms with Gasteiger partial charge in [-0.1, -0.05) is 0 Å². The number of likely N-dealkylation sites (tertiary alicyclic amines) is 1. The summed E-state index contributed by atoms with van der Waals surface area (Å²) in [6.07, 6.45) is -0.0605. The maximum absolute atomic E-state index is 10.2. The lowest BCUT2D eigenvalue weighted by Crippen LogP contribution is -2.30. The highest BCUT2D eigenvalue weighted by molar-refractivity contribution is 5.65. The largest absolute Gasteiger partial charge is 0.465 e. The molecule has 0 aliphatic carbocycles. The molecule has 4 heteroatoms. The van der Waals surface area contributed by atoms with E-state index in [1.54, 1.807) is 0 Å². The second-order valence-electron chi connectivity index (χ2n) is 2.28. The maximum Gasteiger partial charge on any atom is 0.407 e. The first kappa shape index (κ1) is 6.35. The van der Waals surface area contributed by atoms with Gasteiger partial charge in [-0.2, -0.15) is 0 Å². The number of hydrogen-bond acceptors (Lipinski definition) is 2. The summed E-state index contributed by atoms with van der Waals surface area (Å²) in [5.74, 6) is 0. The van der Waals surface area contributed by atoms with E-state index in [1.165, 1.54) is 4.90 Å². The first-order valence-electron chi connectivity index (χ1n) is 2.93. The van der Waals surface area contributed by atoms with Gasteiger partial charge in [0.25, 0.3) is 0 Å². The van der Waals surface area contributed by atoms with Crippen LogP contribution in [-0.4, -0.2) is 35.2 Å². The normalized spacial score (nSPS) is 26.8. The highest BCUT2D eigenvalue weighted by Gasteiger charge is 2.22. The van der Waals surface area contributed by atoms with Crippen molar-refractivity contribution in [2.75, 3.05) is 13.1 Å². The Morgan fingerprint density at radius 2 is 2.44 bits per heavy atom. The smallest absolute Gasteiger partial charge is 0.407 e. The van der Waals surface area contributed by atoms with Crippen molar-refractivity contribution in [1.29, 1.82) is 0 Å². The zero-order valence-corrected chi connectivity index (χ0v) is 5.08. The van der Waals surface area contributed by atoms with Gasteiger partial charge >= 0.3 is 6.09 Å². The summed E-state index contributed by atoms with van der Waals surface area (Å²) in [4.78, 5) is 11.6. The van der Waals surface area contributed by atoms with Crippen molar-refractivity contribution < 1.29 is 9.90 Å². The van der Waals surface area contributed by atoms with E-state index in [1.807, 2.05) is 0 Å². The minimum Gasteiger partial charge on any atom is -0.465 e. The molecule has 9 heavy (non-hydrogen) atoms. The molecule has 1 saturated heterocycles. The van der Waals surface area contributed by atoms with E-state index in [0.29, 0.717) is 13.1 Å². The third-order valence-corrected chi connectivity index (χ3v) is 1.50. The first-order valence-corrected chi connectivity index (χ1v) is 2.93. The van der Waals surface area contributed by atoms with Crippen LogP contribution in [0.2, 0.25) is 0 Å². The van der Waals surface area contributed by atoms with Crippen LogP contribution in [0.15, 0.2) is 0 Å². The SMILES string of the molecule is N[C@H]1CCN(C(=O)O)C1. The van der Waals surface area contributed by atoms with Crippen molar-refractivity contribution in [1.82, 2.24) is 4.90 Å². The molecule has 1 atom stereocenters. The quantitative estimate of drug-likeness (QED) is 0.473. The van der Waals surface area contributed by atoms with E-state index in [9.17, 15) is 4.79 Å². The number of nitrogens with two attached hydrogens (primary N) is 1. The van der Waals surface area contributed by atoms with Crippen molar-refractivity contribution in [2.24, 2.45) is 5.73 Å². The van der Waals surface area contributed by atoms with Crippen LogP contribution in [0.1, 0.15) is 6.42 Å². The van der Waals surface area contributed by atoms with E-state index in [-0.39, 0.29) is 6.04 Å². The van der Waals surface area contributed by atoms with Crippen molar-refractivity contribution in [3.8, 4) is 0 Å². The lowest BCUT2D eigenvalue weighted by molar-refractivity contribution is 0.155. The standard InChI is InChI=1S/C5H10N2O2/c6-4-1-2-7(3-4)5(8)9/h4H,1-3,6H2,(H,8,9)/t4-/m0/s1. The van der Waals surface area contributed by atoms with E-state index in [0.717, 1.165) is 6.42 Å². The second kappa shape index (κ2) is 2.23. The summed E-state index contributed by atoms with van der Waals surface area (Å²) in [5, 5.41) is 8.40. The Hall–Kier alpha value is -0.770. The highest BCUT2D eigenvalue weighted by Crippen LogP contribution is 2.05. The summed E-state index contributed by atoms with van der Waals surface area (Å²) in [7, 11) is 0. The van der Waals surface area contributed by atoms with Gasteiger partial charge in [0.1, 0.15) is 0 Å². The first-order chi connectivity index (χ1) is 4.20. The van der Waals surface area contributed by atoms with Crippen LogP contribution >= 0.6 is 0 Å². The van der Waals surface area contributed by atoms with E-state index in [4.69, 9.17) is 10.8 Å². The summed E-state index contributed by atoms with van der Waals surface area (Å²) < 4.78 is 0. The second-order valence-corrected chi connectivity index (χ2v) is 2.28. The fourth-order valence-electron chi connectivity index (χ4n) is 0.961. The Morgan fingerprint density at radius 1 is 1.78 bits per heavy atom. The Bertz CT molecular complexity index is 126. The third kappa shape index (κ3) is 1.32. The molecule has 0 aromatic rings. The molecule has 0 saturated carbocycles. The van der Waals surface area contributed by atoms with E-state index in [2.05, 4.69) is 0 Å². The molecular formula is C5H10N2O2. The third-order valence-electron chi connectivity index (χ3n) is 1.50. The molecule has 0 radical (unpaired) electrons. The fraction of sp³-hybridized carbons (Fsp3) is 0.800. The molecule has 3 N–H and O–H groups in total. The van der Waals surface area contributed by atoms with Gasteiger partial charge in [-0.25, -0.2) is 4.79 Å². The van der Waals surface area contributed by atoms with E-state index < -0.39 is 6.09 Å². The molecule has 4 nitrogen and oxygen atoms in total. The van der Waals surface area contributed by atoms with Crippen LogP contribution in [0, 0.1) is 0 Å². The molecule has 0 spiro atoms. The highest BCUT2D eigenvalue weighted by atomic mass is 16.4. The number of hydrogen-bond donors (Lipinski definition) is 2. The van der Waals surface area contributed by atoms with Crippen molar-refractivity contribution >= 4 is 6.09 Å². The Morgan fingerprint density at radius 3 is 2.67 bits per heavy atom. The fourth-order valence-corrected chi connectivity index (χ4v) is 0.961. The molecule has 1 aliphatic rings. The predicted octanol–water partition coefficient (Wildman–Crippen LogP) is -0.303. The molecular weight excluding hydrogens is 120 g/mol. The summed E-state index contributed by atoms with van der Waals surface area (Å²) in [6, 6.07) is 0.0566. The number of rotatable bonds is 0. The van der Waals surface area contributed by atoms with E-state index >= 15 is 0 Å². The average molecular weight is 130 g/mol. The van der Waals surface area contributed by atoms with Gasteiger partial charge in [0.2, 0.25) is 0 Å². The molecule has 52 valence electrons. The number of amides is 1. The lowest BCUT2D eigenvalue weighted by Gasteiger charge is -2.08. The van der Waals surface area contributed by atoms with Gasteiger partial charge in [-0.15, -0.1) is 0 Å². The molecule has 0 unspecified atom stereocenters. The molecule has 1 amide bonds. The molecule has 0 aromatic carbocycles. The lowest BCUT2D eigenvalue weighted by atomic mass is 10.3. The molecule has 0 bridgehead atoms. The maximum atomic E-state index is 10.2. The van der Waals surface area contributed by atoms with Crippen molar-refractivity contribution in [3.63, 3.8) is 0 Å². The minimum absolute atomic E-state index is 0.0566. The van der Waals surface area contributed by atoms with Crippen LogP contribution in [0.25, 0.3) is 0 Å². The molecule has 1 rings (SSSR count). The molecule has 1 aliphatic heterocycles. The van der Waals surface area contributed by atoms with Crippen LogP contribution in [0.5, 0.6) is 0 Å². The Balaban J connectivity index is 2.39. The minimum atomic E-state index is -0.858. The van der Waals surface area contributed by atoms with Gasteiger partial charge < -0.3 is 15.7 Å². The van der Waals surface area contributed by atoms with Gasteiger partial charge in [-0.3, -0.25) is 0 Å². The average Bonchev–Trinajstić information content (AvgIpc) is 2.14. The predicted molar refractivity (Wildman–Crippen MR) is 32.2 cm³/mol. The van der Waals surface area contributed by atoms with Crippen LogP contribution in [0.4, 0.5) is 4.79 Å². The number of nitrogens with zero attached hydrogens (tertiary/aromatic N) is 1.